The van der Waals surface area contributed by atoms with E-state index in [1.165, 1.54) is 11.3 Å². The smallest absolute Gasteiger partial charge is 0.226 e. The van der Waals surface area contributed by atoms with Crippen molar-refractivity contribution in [3.05, 3.63) is 76.3 Å². The zero-order valence-corrected chi connectivity index (χ0v) is 14.8. The fourth-order valence-corrected chi connectivity index (χ4v) is 3.35. The summed E-state index contributed by atoms with van der Waals surface area (Å²) < 4.78 is 0. The molecular weight excluding hydrogens is 340 g/mol. The van der Waals surface area contributed by atoms with Gasteiger partial charge in [0, 0.05) is 16.0 Å². The predicted molar refractivity (Wildman–Crippen MR) is 99.3 cm³/mol. The Morgan fingerprint density at radius 3 is 2.58 bits per heavy atom. The van der Waals surface area contributed by atoms with Gasteiger partial charge in [-0.05, 0) is 24.6 Å². The third-order valence-electron chi connectivity index (χ3n) is 3.66. The highest BCUT2D eigenvalue weighted by atomic mass is 35.5. The summed E-state index contributed by atoms with van der Waals surface area (Å²) in [6.45, 7) is 1.98. The second-order valence-corrected chi connectivity index (χ2v) is 6.82. The molecule has 0 bridgehead atoms. The Kier molecular flexibility index (Phi) is 5.28. The lowest BCUT2D eigenvalue weighted by Gasteiger charge is -2.13. The number of nitrogens with zero attached hydrogens (tertiary/aromatic N) is 1. The molecular formula is C19H17ClN2OS. The van der Waals surface area contributed by atoms with E-state index in [2.05, 4.69) is 10.3 Å². The van der Waals surface area contributed by atoms with Crippen LogP contribution in [0.4, 0.5) is 0 Å². The molecule has 3 nitrogen and oxygen atoms in total. The van der Waals surface area contributed by atoms with Crippen molar-refractivity contribution in [1.82, 2.24) is 10.3 Å². The molecule has 0 aliphatic heterocycles. The minimum absolute atomic E-state index is 0.0203. The molecule has 2 aromatic carbocycles. The van der Waals surface area contributed by atoms with Crippen LogP contribution in [0, 0.1) is 0 Å². The Balaban J connectivity index is 1.62. The molecule has 0 spiro atoms. The number of carbonyl (C=O) groups is 1. The van der Waals surface area contributed by atoms with E-state index >= 15 is 0 Å². The van der Waals surface area contributed by atoms with Gasteiger partial charge < -0.3 is 5.32 Å². The number of nitrogens with one attached hydrogen (secondary N) is 1. The molecule has 1 atom stereocenters. The Morgan fingerprint density at radius 2 is 1.88 bits per heavy atom. The summed E-state index contributed by atoms with van der Waals surface area (Å²) in [5.74, 6) is -0.0284. The molecule has 0 saturated heterocycles. The summed E-state index contributed by atoms with van der Waals surface area (Å²) in [4.78, 5) is 16.8. The van der Waals surface area contributed by atoms with Gasteiger partial charge >= 0.3 is 0 Å². The third-order valence-corrected chi connectivity index (χ3v) is 4.85. The van der Waals surface area contributed by atoms with Crippen molar-refractivity contribution in [2.24, 2.45) is 0 Å². The van der Waals surface area contributed by atoms with Crippen LogP contribution in [-0.2, 0) is 11.2 Å². The van der Waals surface area contributed by atoms with E-state index in [-0.39, 0.29) is 18.4 Å². The molecule has 5 heteroatoms. The van der Waals surface area contributed by atoms with Gasteiger partial charge in [-0.25, -0.2) is 4.98 Å². The van der Waals surface area contributed by atoms with Crippen molar-refractivity contribution in [2.45, 2.75) is 19.4 Å². The number of rotatable bonds is 5. The third kappa shape index (κ3) is 4.22. The average molecular weight is 357 g/mol. The quantitative estimate of drug-likeness (QED) is 0.707. The van der Waals surface area contributed by atoms with Crippen molar-refractivity contribution in [3.63, 3.8) is 0 Å². The van der Waals surface area contributed by atoms with Crippen molar-refractivity contribution in [3.8, 4) is 10.6 Å². The number of amides is 1. The molecule has 122 valence electrons. The minimum Gasteiger partial charge on any atom is -0.349 e. The first kappa shape index (κ1) is 16.7. The summed E-state index contributed by atoms with van der Waals surface area (Å²) in [6.07, 6.45) is 0.279. The van der Waals surface area contributed by atoms with Gasteiger partial charge in [0.2, 0.25) is 5.91 Å². The SMILES string of the molecule is CC(NC(=O)Cc1csc(-c2ccc(Cl)cc2)n1)c1ccccc1. The molecule has 0 saturated carbocycles. The molecule has 1 unspecified atom stereocenters. The summed E-state index contributed by atoms with van der Waals surface area (Å²) in [7, 11) is 0. The van der Waals surface area contributed by atoms with Gasteiger partial charge in [-0.3, -0.25) is 4.79 Å². The Bertz CT molecular complexity index is 815. The van der Waals surface area contributed by atoms with Crippen molar-refractivity contribution >= 4 is 28.8 Å². The van der Waals surface area contributed by atoms with Crippen molar-refractivity contribution in [1.29, 1.82) is 0 Å². The van der Waals surface area contributed by atoms with Gasteiger partial charge in [0.25, 0.3) is 0 Å². The zero-order valence-electron chi connectivity index (χ0n) is 13.2. The van der Waals surface area contributed by atoms with Crippen LogP contribution in [0.15, 0.2) is 60.0 Å². The van der Waals surface area contributed by atoms with E-state index < -0.39 is 0 Å². The summed E-state index contributed by atoms with van der Waals surface area (Å²) >= 11 is 7.43. The van der Waals surface area contributed by atoms with Crippen LogP contribution in [-0.4, -0.2) is 10.9 Å². The molecule has 1 heterocycles. The molecule has 0 radical (unpaired) electrons. The van der Waals surface area contributed by atoms with Gasteiger partial charge in [-0.2, -0.15) is 0 Å². The maximum atomic E-state index is 12.2. The first-order valence-corrected chi connectivity index (χ1v) is 8.92. The lowest BCUT2D eigenvalue weighted by Crippen LogP contribution is -2.28. The zero-order chi connectivity index (χ0) is 16.9. The lowest BCUT2D eigenvalue weighted by molar-refractivity contribution is -0.121. The highest BCUT2D eigenvalue weighted by Gasteiger charge is 2.12. The molecule has 1 amide bonds. The number of carbonyl (C=O) groups excluding carboxylic acids is 1. The molecule has 1 aromatic heterocycles. The van der Waals surface area contributed by atoms with E-state index in [1.54, 1.807) is 0 Å². The first-order valence-electron chi connectivity index (χ1n) is 7.66. The van der Waals surface area contributed by atoms with Gasteiger partial charge in [0.15, 0.2) is 0 Å². The van der Waals surface area contributed by atoms with Crippen LogP contribution in [0.2, 0.25) is 5.02 Å². The van der Waals surface area contributed by atoms with Crippen LogP contribution in [0.1, 0.15) is 24.2 Å². The molecule has 3 aromatic rings. The number of benzene rings is 2. The van der Waals surface area contributed by atoms with E-state index in [9.17, 15) is 4.79 Å². The highest BCUT2D eigenvalue weighted by molar-refractivity contribution is 7.13. The standard InChI is InChI=1S/C19H17ClN2OS/c1-13(14-5-3-2-4-6-14)21-18(23)11-17-12-24-19(22-17)15-7-9-16(20)10-8-15/h2-10,12-13H,11H2,1H3,(H,21,23). The second kappa shape index (κ2) is 7.60. The average Bonchev–Trinajstić information content (AvgIpc) is 3.04. The maximum absolute atomic E-state index is 12.2. The molecule has 0 aliphatic carbocycles. The molecule has 0 aliphatic rings. The van der Waals surface area contributed by atoms with Gasteiger partial charge in [0.05, 0.1) is 18.2 Å². The summed E-state index contributed by atoms with van der Waals surface area (Å²) in [5.41, 5.74) is 2.88. The van der Waals surface area contributed by atoms with Crippen LogP contribution in [0.3, 0.4) is 0 Å². The van der Waals surface area contributed by atoms with Crippen molar-refractivity contribution in [2.75, 3.05) is 0 Å². The Morgan fingerprint density at radius 1 is 1.17 bits per heavy atom. The van der Waals surface area contributed by atoms with Gasteiger partial charge in [0.1, 0.15) is 5.01 Å². The summed E-state index contributed by atoms with van der Waals surface area (Å²) in [5, 5.41) is 6.53. The number of aromatic nitrogens is 1. The monoisotopic (exact) mass is 356 g/mol. The lowest BCUT2D eigenvalue weighted by atomic mass is 10.1. The minimum atomic E-state index is -0.0284. The fourth-order valence-electron chi connectivity index (χ4n) is 2.40. The Labute approximate surface area is 150 Å². The predicted octanol–water partition coefficient (Wildman–Crippen LogP) is 4.88. The fraction of sp³-hybridized carbons (Fsp3) is 0.158. The highest BCUT2D eigenvalue weighted by Crippen LogP contribution is 2.25. The number of thiazole rings is 1. The van der Waals surface area contributed by atoms with E-state index in [4.69, 9.17) is 11.6 Å². The number of halogens is 1. The molecule has 3 rings (SSSR count). The van der Waals surface area contributed by atoms with Crippen LogP contribution in [0.5, 0.6) is 0 Å². The molecule has 24 heavy (non-hydrogen) atoms. The largest absolute Gasteiger partial charge is 0.349 e. The summed E-state index contributed by atoms with van der Waals surface area (Å²) in [6, 6.07) is 17.4. The van der Waals surface area contributed by atoms with Gasteiger partial charge in [-0.15, -0.1) is 11.3 Å². The first-order chi connectivity index (χ1) is 11.6. The topological polar surface area (TPSA) is 42.0 Å². The van der Waals surface area contributed by atoms with Gasteiger partial charge in [-0.1, -0.05) is 54.1 Å². The van der Waals surface area contributed by atoms with Crippen LogP contribution < -0.4 is 5.32 Å². The van der Waals surface area contributed by atoms with Crippen LogP contribution >= 0.6 is 22.9 Å². The second-order valence-electron chi connectivity index (χ2n) is 5.53. The Hall–Kier alpha value is -2.17. The van der Waals surface area contributed by atoms with E-state index in [1.807, 2.05) is 66.9 Å². The molecule has 0 fully saturated rings. The normalized spacial score (nSPS) is 11.9. The maximum Gasteiger partial charge on any atom is 0.226 e. The molecule has 1 N–H and O–H groups in total. The number of hydrogen-bond acceptors (Lipinski definition) is 3. The van der Waals surface area contributed by atoms with Crippen molar-refractivity contribution < 1.29 is 4.79 Å². The van der Waals surface area contributed by atoms with Crippen LogP contribution in [0.25, 0.3) is 10.6 Å². The number of hydrogen-bond donors (Lipinski definition) is 1. The van der Waals surface area contributed by atoms with E-state index in [0.717, 1.165) is 21.8 Å². The van der Waals surface area contributed by atoms with E-state index in [0.29, 0.717) is 5.02 Å².